The van der Waals surface area contributed by atoms with Crippen molar-refractivity contribution in [3.63, 3.8) is 0 Å². The highest BCUT2D eigenvalue weighted by Crippen LogP contribution is 2.15. The van der Waals surface area contributed by atoms with E-state index in [0.717, 1.165) is 12.0 Å². The Labute approximate surface area is 66.0 Å². The van der Waals surface area contributed by atoms with Crippen molar-refractivity contribution in [1.29, 1.82) is 5.41 Å². The number of rotatable bonds is 2. The Morgan fingerprint density at radius 1 is 1.82 bits per heavy atom. The average Bonchev–Trinajstić information content (AvgIpc) is 2.04. The molecular formula is C8H12N2O. The van der Waals surface area contributed by atoms with Crippen LogP contribution < -0.4 is 5.73 Å². The van der Waals surface area contributed by atoms with E-state index in [9.17, 15) is 0 Å². The fourth-order valence-electron chi connectivity index (χ4n) is 1.04. The van der Waals surface area contributed by atoms with Gasteiger partial charge in [-0.1, -0.05) is 13.0 Å². The zero-order valence-electron chi connectivity index (χ0n) is 6.50. The van der Waals surface area contributed by atoms with Crippen molar-refractivity contribution >= 4 is 5.84 Å². The van der Waals surface area contributed by atoms with Crippen LogP contribution in [-0.4, -0.2) is 11.9 Å². The number of hydrogen-bond donors (Lipinski definition) is 2. The highest BCUT2D eigenvalue weighted by atomic mass is 16.5. The summed E-state index contributed by atoms with van der Waals surface area (Å²) >= 11 is 0. The van der Waals surface area contributed by atoms with Crippen molar-refractivity contribution in [2.45, 2.75) is 19.4 Å². The molecule has 1 aliphatic rings. The molecule has 11 heavy (non-hydrogen) atoms. The molecule has 1 unspecified atom stereocenters. The van der Waals surface area contributed by atoms with Gasteiger partial charge < -0.3 is 10.5 Å². The molecule has 0 fully saturated rings. The van der Waals surface area contributed by atoms with Crippen LogP contribution >= 0.6 is 0 Å². The first kappa shape index (κ1) is 7.85. The van der Waals surface area contributed by atoms with E-state index in [1.807, 2.05) is 19.1 Å². The van der Waals surface area contributed by atoms with E-state index >= 15 is 0 Å². The molecule has 0 saturated heterocycles. The van der Waals surface area contributed by atoms with Gasteiger partial charge in [0.2, 0.25) is 0 Å². The zero-order chi connectivity index (χ0) is 8.27. The van der Waals surface area contributed by atoms with Crippen LogP contribution in [0.5, 0.6) is 0 Å². The van der Waals surface area contributed by atoms with E-state index in [-0.39, 0.29) is 11.9 Å². The predicted octanol–water partition coefficient (Wildman–Crippen LogP) is 1.17. The minimum Gasteiger partial charge on any atom is -0.486 e. The lowest BCUT2D eigenvalue weighted by Gasteiger charge is -2.19. The van der Waals surface area contributed by atoms with Gasteiger partial charge in [0.05, 0.1) is 6.26 Å². The van der Waals surface area contributed by atoms with Crippen molar-refractivity contribution in [2.75, 3.05) is 0 Å². The molecule has 0 aromatic rings. The van der Waals surface area contributed by atoms with Crippen LogP contribution in [-0.2, 0) is 4.74 Å². The smallest absolute Gasteiger partial charge is 0.175 e. The molecule has 0 aliphatic carbocycles. The highest BCUT2D eigenvalue weighted by molar-refractivity contribution is 5.85. The van der Waals surface area contributed by atoms with E-state index in [1.165, 1.54) is 0 Å². The Hall–Kier alpha value is -1.25. The molecule has 0 amide bonds. The number of nitrogens with one attached hydrogen (secondary N) is 1. The molecule has 1 heterocycles. The van der Waals surface area contributed by atoms with Crippen LogP contribution in [0, 0.1) is 5.41 Å². The molecule has 1 rings (SSSR count). The second kappa shape index (κ2) is 3.23. The van der Waals surface area contributed by atoms with E-state index in [2.05, 4.69) is 0 Å². The second-order valence-corrected chi connectivity index (χ2v) is 2.40. The molecule has 3 nitrogen and oxygen atoms in total. The number of amidine groups is 1. The maximum Gasteiger partial charge on any atom is 0.175 e. The molecule has 3 N–H and O–H groups in total. The number of hydrogen-bond acceptors (Lipinski definition) is 2. The van der Waals surface area contributed by atoms with Gasteiger partial charge in [-0.25, -0.2) is 0 Å². The Balaban J connectivity index is 2.75. The molecule has 0 spiro atoms. The molecule has 1 atom stereocenters. The largest absolute Gasteiger partial charge is 0.486 e. The van der Waals surface area contributed by atoms with Crippen LogP contribution in [0.25, 0.3) is 0 Å². The molecule has 0 aromatic heterocycles. The van der Waals surface area contributed by atoms with Crippen molar-refractivity contribution in [1.82, 2.24) is 0 Å². The van der Waals surface area contributed by atoms with Crippen LogP contribution in [0.15, 0.2) is 24.0 Å². The number of nitrogens with two attached hydrogens (primary N) is 1. The summed E-state index contributed by atoms with van der Waals surface area (Å²) in [7, 11) is 0. The van der Waals surface area contributed by atoms with Gasteiger partial charge in [0.25, 0.3) is 0 Å². The van der Waals surface area contributed by atoms with Gasteiger partial charge in [0, 0.05) is 0 Å². The second-order valence-electron chi connectivity index (χ2n) is 2.40. The average molecular weight is 152 g/mol. The summed E-state index contributed by atoms with van der Waals surface area (Å²) in [5.74, 6) is 0.0717. The minimum atomic E-state index is -0.329. The summed E-state index contributed by atoms with van der Waals surface area (Å²) in [6, 6.07) is 0. The first-order valence-corrected chi connectivity index (χ1v) is 3.60. The Kier molecular flexibility index (Phi) is 2.31. The third-order valence-corrected chi connectivity index (χ3v) is 1.63. The number of allylic oxidation sites excluding steroid dienone is 2. The monoisotopic (exact) mass is 152 g/mol. The van der Waals surface area contributed by atoms with Crippen LogP contribution in [0.1, 0.15) is 13.3 Å². The molecule has 0 radical (unpaired) electrons. The third-order valence-electron chi connectivity index (χ3n) is 1.63. The van der Waals surface area contributed by atoms with Crippen LogP contribution in [0.2, 0.25) is 0 Å². The lowest BCUT2D eigenvalue weighted by molar-refractivity contribution is 0.223. The molecule has 0 bridgehead atoms. The van der Waals surface area contributed by atoms with Crippen LogP contribution in [0.3, 0.4) is 0 Å². The van der Waals surface area contributed by atoms with Gasteiger partial charge in [0.15, 0.2) is 6.10 Å². The van der Waals surface area contributed by atoms with Gasteiger partial charge in [-0.15, -0.1) is 0 Å². The Morgan fingerprint density at radius 3 is 3.00 bits per heavy atom. The van der Waals surface area contributed by atoms with Gasteiger partial charge in [-0.05, 0) is 18.1 Å². The van der Waals surface area contributed by atoms with E-state index in [4.69, 9.17) is 15.9 Å². The molecule has 1 aliphatic heterocycles. The highest BCUT2D eigenvalue weighted by Gasteiger charge is 2.17. The predicted molar refractivity (Wildman–Crippen MR) is 44.3 cm³/mol. The first-order chi connectivity index (χ1) is 5.25. The minimum absolute atomic E-state index is 0.0717. The summed E-state index contributed by atoms with van der Waals surface area (Å²) in [5.41, 5.74) is 6.37. The Morgan fingerprint density at radius 2 is 2.55 bits per heavy atom. The summed E-state index contributed by atoms with van der Waals surface area (Å²) in [6.07, 6.45) is 5.86. The summed E-state index contributed by atoms with van der Waals surface area (Å²) in [4.78, 5) is 0. The molecule has 0 aromatic carbocycles. The summed E-state index contributed by atoms with van der Waals surface area (Å²) < 4.78 is 5.14. The molecular weight excluding hydrogens is 140 g/mol. The van der Waals surface area contributed by atoms with Gasteiger partial charge in [-0.2, -0.15) is 0 Å². The zero-order valence-corrected chi connectivity index (χ0v) is 6.50. The van der Waals surface area contributed by atoms with Gasteiger partial charge >= 0.3 is 0 Å². The van der Waals surface area contributed by atoms with Gasteiger partial charge in [0.1, 0.15) is 5.84 Å². The van der Waals surface area contributed by atoms with E-state index < -0.39 is 0 Å². The molecule has 0 saturated carbocycles. The lowest BCUT2D eigenvalue weighted by atomic mass is 10.0. The normalized spacial score (nSPS) is 22.3. The van der Waals surface area contributed by atoms with Crippen LogP contribution in [0.4, 0.5) is 0 Å². The summed E-state index contributed by atoms with van der Waals surface area (Å²) in [5, 5.41) is 7.20. The van der Waals surface area contributed by atoms with Crippen molar-refractivity contribution in [2.24, 2.45) is 5.73 Å². The standard InChI is InChI=1S/C8H12N2O/c1-2-6-4-3-5-11-7(6)8(9)10/h3-5,7H,2H2,1H3,(H3,9,10). The number of ether oxygens (including phenoxy) is 1. The summed E-state index contributed by atoms with van der Waals surface area (Å²) in [6.45, 7) is 2.02. The van der Waals surface area contributed by atoms with Gasteiger partial charge in [-0.3, -0.25) is 5.41 Å². The topological polar surface area (TPSA) is 59.1 Å². The molecule has 60 valence electrons. The SMILES string of the molecule is CCC1=CC=COC1C(=N)N. The fourth-order valence-corrected chi connectivity index (χ4v) is 1.04. The maximum atomic E-state index is 7.20. The van der Waals surface area contributed by atoms with E-state index in [1.54, 1.807) is 6.26 Å². The van der Waals surface area contributed by atoms with Crippen molar-refractivity contribution in [3.05, 3.63) is 24.0 Å². The quantitative estimate of drug-likeness (QED) is 0.461. The molecule has 3 heteroatoms. The maximum absolute atomic E-state index is 7.20. The third kappa shape index (κ3) is 1.61. The fraction of sp³-hybridized carbons (Fsp3) is 0.375. The van der Waals surface area contributed by atoms with Crippen molar-refractivity contribution < 1.29 is 4.74 Å². The first-order valence-electron chi connectivity index (χ1n) is 3.60. The Bertz CT molecular complexity index is 218. The van der Waals surface area contributed by atoms with E-state index in [0.29, 0.717) is 0 Å². The lowest BCUT2D eigenvalue weighted by Crippen LogP contribution is -2.31. The van der Waals surface area contributed by atoms with Crippen molar-refractivity contribution in [3.8, 4) is 0 Å².